The van der Waals surface area contributed by atoms with Gasteiger partial charge in [0.05, 0.1) is 13.2 Å². The van der Waals surface area contributed by atoms with E-state index in [-0.39, 0.29) is 25.6 Å². The number of aryl methyl sites for hydroxylation is 1. The molecular formula is C14H18N2O4. The summed E-state index contributed by atoms with van der Waals surface area (Å²) in [6.45, 7) is 3.48. The maximum atomic E-state index is 11.7. The zero-order valence-electron chi connectivity index (χ0n) is 11.6. The Morgan fingerprint density at radius 1 is 1.05 bits per heavy atom. The number of ether oxygens (including phenoxy) is 1. The molecule has 0 spiro atoms. The second-order valence-electron chi connectivity index (χ2n) is 4.13. The Bertz CT molecular complexity index is 482. The van der Waals surface area contributed by atoms with Crippen LogP contribution >= 0.6 is 0 Å². The van der Waals surface area contributed by atoms with Gasteiger partial charge in [-0.05, 0) is 26.0 Å². The first-order valence-corrected chi connectivity index (χ1v) is 6.30. The highest BCUT2D eigenvalue weighted by atomic mass is 16.5. The molecule has 0 radical (unpaired) electrons. The Morgan fingerprint density at radius 2 is 1.70 bits per heavy atom. The standard InChI is InChI=1S/C14H18N2O4/c1-3-20-13(18)9-15-12(17)8-16-14(19)11-6-4-10(2)5-7-11/h4-7H,3,8-9H2,1-2H3,(H,15,17)(H,16,19). The van der Waals surface area contributed by atoms with Crippen LogP contribution in [0.3, 0.4) is 0 Å². The van der Waals surface area contributed by atoms with E-state index in [2.05, 4.69) is 15.4 Å². The molecule has 108 valence electrons. The fourth-order valence-electron chi connectivity index (χ4n) is 1.41. The maximum absolute atomic E-state index is 11.7. The molecule has 6 nitrogen and oxygen atoms in total. The Balaban J connectivity index is 2.32. The molecule has 2 amide bonds. The van der Waals surface area contributed by atoms with Crippen LogP contribution in [0.5, 0.6) is 0 Å². The number of benzene rings is 1. The normalized spacial score (nSPS) is 9.70. The summed E-state index contributed by atoms with van der Waals surface area (Å²) in [7, 11) is 0. The predicted molar refractivity (Wildman–Crippen MR) is 73.2 cm³/mol. The lowest BCUT2D eigenvalue weighted by atomic mass is 10.1. The highest BCUT2D eigenvalue weighted by Gasteiger charge is 2.09. The molecule has 1 aromatic carbocycles. The van der Waals surface area contributed by atoms with Crippen LogP contribution in [-0.2, 0) is 14.3 Å². The molecule has 20 heavy (non-hydrogen) atoms. The molecule has 0 saturated carbocycles. The molecule has 0 saturated heterocycles. The Hall–Kier alpha value is -2.37. The number of hydrogen-bond donors (Lipinski definition) is 2. The van der Waals surface area contributed by atoms with Gasteiger partial charge in [0.25, 0.3) is 5.91 Å². The van der Waals surface area contributed by atoms with Gasteiger partial charge in [-0.15, -0.1) is 0 Å². The fourth-order valence-corrected chi connectivity index (χ4v) is 1.41. The van der Waals surface area contributed by atoms with Crippen molar-refractivity contribution in [2.45, 2.75) is 13.8 Å². The number of hydrogen-bond acceptors (Lipinski definition) is 4. The van der Waals surface area contributed by atoms with E-state index in [1.165, 1.54) is 0 Å². The van der Waals surface area contributed by atoms with Crippen molar-refractivity contribution in [3.05, 3.63) is 35.4 Å². The zero-order chi connectivity index (χ0) is 15.0. The second-order valence-corrected chi connectivity index (χ2v) is 4.13. The van der Waals surface area contributed by atoms with Crippen molar-refractivity contribution >= 4 is 17.8 Å². The van der Waals surface area contributed by atoms with E-state index in [9.17, 15) is 14.4 Å². The van der Waals surface area contributed by atoms with Crippen molar-refractivity contribution in [1.82, 2.24) is 10.6 Å². The number of carbonyl (C=O) groups is 3. The molecule has 0 aromatic heterocycles. The summed E-state index contributed by atoms with van der Waals surface area (Å²) in [5, 5.41) is 4.83. The monoisotopic (exact) mass is 278 g/mol. The number of esters is 1. The zero-order valence-corrected chi connectivity index (χ0v) is 11.6. The van der Waals surface area contributed by atoms with Crippen molar-refractivity contribution in [2.75, 3.05) is 19.7 Å². The van der Waals surface area contributed by atoms with Gasteiger partial charge in [0.15, 0.2) is 0 Å². The summed E-state index contributed by atoms with van der Waals surface area (Å²) in [5.74, 6) is -1.29. The van der Waals surface area contributed by atoms with E-state index in [1.54, 1.807) is 19.1 Å². The lowest BCUT2D eigenvalue weighted by molar-refractivity contribution is -0.143. The number of nitrogens with one attached hydrogen (secondary N) is 2. The van der Waals surface area contributed by atoms with Crippen molar-refractivity contribution < 1.29 is 19.1 Å². The largest absolute Gasteiger partial charge is 0.465 e. The number of carbonyl (C=O) groups excluding carboxylic acids is 3. The third-order valence-corrected chi connectivity index (χ3v) is 2.46. The minimum atomic E-state index is -0.509. The van der Waals surface area contributed by atoms with Crippen LogP contribution < -0.4 is 10.6 Å². The van der Waals surface area contributed by atoms with Gasteiger partial charge in [-0.2, -0.15) is 0 Å². The van der Waals surface area contributed by atoms with E-state index in [1.807, 2.05) is 19.1 Å². The summed E-state index contributed by atoms with van der Waals surface area (Å²) < 4.78 is 4.66. The number of amides is 2. The van der Waals surface area contributed by atoms with Crippen molar-refractivity contribution in [3.8, 4) is 0 Å². The molecule has 0 atom stereocenters. The van der Waals surface area contributed by atoms with Gasteiger partial charge in [0, 0.05) is 5.56 Å². The van der Waals surface area contributed by atoms with Gasteiger partial charge in [-0.3, -0.25) is 14.4 Å². The Labute approximate surface area is 117 Å². The molecule has 0 fully saturated rings. The Kier molecular flexibility index (Phi) is 6.22. The fraction of sp³-hybridized carbons (Fsp3) is 0.357. The van der Waals surface area contributed by atoms with Crippen LogP contribution in [0.4, 0.5) is 0 Å². The molecule has 0 aliphatic heterocycles. The lowest BCUT2D eigenvalue weighted by Crippen LogP contribution is -2.39. The Morgan fingerprint density at radius 3 is 2.30 bits per heavy atom. The van der Waals surface area contributed by atoms with Crippen molar-refractivity contribution in [3.63, 3.8) is 0 Å². The van der Waals surface area contributed by atoms with E-state index in [0.717, 1.165) is 5.56 Å². The van der Waals surface area contributed by atoms with Crippen molar-refractivity contribution in [2.24, 2.45) is 0 Å². The van der Waals surface area contributed by atoms with E-state index >= 15 is 0 Å². The van der Waals surface area contributed by atoms with Gasteiger partial charge < -0.3 is 15.4 Å². The summed E-state index contributed by atoms with van der Waals surface area (Å²) in [4.78, 5) is 34.1. The van der Waals surface area contributed by atoms with Gasteiger partial charge in [-0.25, -0.2) is 0 Å². The van der Waals surface area contributed by atoms with E-state index in [0.29, 0.717) is 5.56 Å². The molecule has 1 rings (SSSR count). The molecule has 0 aliphatic rings. The molecule has 0 unspecified atom stereocenters. The topological polar surface area (TPSA) is 84.5 Å². The quantitative estimate of drug-likeness (QED) is 0.738. The average molecular weight is 278 g/mol. The molecule has 0 heterocycles. The van der Waals surface area contributed by atoms with Crippen LogP contribution in [0.1, 0.15) is 22.8 Å². The van der Waals surface area contributed by atoms with E-state index in [4.69, 9.17) is 0 Å². The summed E-state index contributed by atoms with van der Waals surface area (Å²) in [6.07, 6.45) is 0. The van der Waals surface area contributed by atoms with Crippen LogP contribution in [0.25, 0.3) is 0 Å². The SMILES string of the molecule is CCOC(=O)CNC(=O)CNC(=O)c1ccc(C)cc1. The van der Waals surface area contributed by atoms with Crippen LogP contribution in [0, 0.1) is 6.92 Å². The number of rotatable bonds is 6. The highest BCUT2D eigenvalue weighted by molar-refractivity contribution is 5.96. The third-order valence-electron chi connectivity index (χ3n) is 2.46. The van der Waals surface area contributed by atoms with E-state index < -0.39 is 11.9 Å². The first kappa shape index (κ1) is 15.7. The summed E-state index contributed by atoms with van der Waals surface area (Å²) in [5.41, 5.74) is 1.53. The van der Waals surface area contributed by atoms with Gasteiger partial charge in [0.1, 0.15) is 6.54 Å². The average Bonchev–Trinajstić information content (AvgIpc) is 2.43. The minimum absolute atomic E-state index is 0.188. The minimum Gasteiger partial charge on any atom is -0.465 e. The van der Waals surface area contributed by atoms with Gasteiger partial charge in [0.2, 0.25) is 5.91 Å². The molecule has 6 heteroatoms. The first-order chi connectivity index (χ1) is 9.52. The summed E-state index contributed by atoms with van der Waals surface area (Å²) in [6, 6.07) is 6.99. The molecule has 1 aromatic rings. The first-order valence-electron chi connectivity index (χ1n) is 6.30. The van der Waals surface area contributed by atoms with Gasteiger partial charge in [-0.1, -0.05) is 17.7 Å². The van der Waals surface area contributed by atoms with Crippen LogP contribution in [0.2, 0.25) is 0 Å². The van der Waals surface area contributed by atoms with Crippen LogP contribution in [0.15, 0.2) is 24.3 Å². The molecule has 0 aliphatic carbocycles. The lowest BCUT2D eigenvalue weighted by Gasteiger charge is -2.07. The smallest absolute Gasteiger partial charge is 0.325 e. The molecular weight excluding hydrogens is 260 g/mol. The second kappa shape index (κ2) is 7.93. The summed E-state index contributed by atoms with van der Waals surface area (Å²) >= 11 is 0. The highest BCUT2D eigenvalue weighted by Crippen LogP contribution is 2.02. The van der Waals surface area contributed by atoms with Crippen LogP contribution in [-0.4, -0.2) is 37.5 Å². The third kappa shape index (κ3) is 5.51. The molecule has 2 N–H and O–H groups in total. The van der Waals surface area contributed by atoms with Gasteiger partial charge >= 0.3 is 5.97 Å². The van der Waals surface area contributed by atoms with Crippen molar-refractivity contribution in [1.29, 1.82) is 0 Å². The predicted octanol–water partition coefficient (Wildman–Crippen LogP) is 0.404. The molecule has 0 bridgehead atoms. The maximum Gasteiger partial charge on any atom is 0.325 e.